The molecule has 0 atom stereocenters. The molecule has 1 aliphatic rings. The molecular formula is C20H19ClF2N2O. The van der Waals surface area contributed by atoms with E-state index in [4.69, 9.17) is 11.6 Å². The van der Waals surface area contributed by atoms with E-state index in [1.807, 2.05) is 4.57 Å². The zero-order valence-corrected chi connectivity index (χ0v) is 14.9. The molecule has 1 fully saturated rings. The molecule has 0 unspecified atom stereocenters. The largest absolute Gasteiger partial charge is 0.507 e. The van der Waals surface area contributed by atoms with Crippen LogP contribution in [0.15, 0.2) is 30.3 Å². The monoisotopic (exact) mass is 376 g/mol. The summed E-state index contributed by atoms with van der Waals surface area (Å²) in [5.74, 6) is -1.02. The molecule has 1 aromatic heterocycles. The number of aromatic nitrogens is 2. The average molecular weight is 377 g/mol. The van der Waals surface area contributed by atoms with Gasteiger partial charge in [-0.15, -0.1) is 0 Å². The molecule has 0 bridgehead atoms. The summed E-state index contributed by atoms with van der Waals surface area (Å²) in [4.78, 5) is 4.34. The Morgan fingerprint density at radius 1 is 1.12 bits per heavy atom. The highest BCUT2D eigenvalue weighted by molar-refractivity contribution is 6.30. The molecule has 0 saturated heterocycles. The van der Waals surface area contributed by atoms with Gasteiger partial charge in [-0.3, -0.25) is 0 Å². The Morgan fingerprint density at radius 2 is 1.88 bits per heavy atom. The third-order valence-corrected chi connectivity index (χ3v) is 5.41. The highest BCUT2D eigenvalue weighted by atomic mass is 35.5. The molecular weight excluding hydrogens is 358 g/mol. The number of halogens is 3. The quantitative estimate of drug-likeness (QED) is 0.616. The van der Waals surface area contributed by atoms with Gasteiger partial charge in [-0.05, 0) is 49.1 Å². The van der Waals surface area contributed by atoms with E-state index in [1.165, 1.54) is 25.3 Å². The van der Waals surface area contributed by atoms with Crippen LogP contribution in [-0.2, 0) is 6.54 Å². The lowest BCUT2D eigenvalue weighted by atomic mass is 9.89. The van der Waals surface area contributed by atoms with Gasteiger partial charge in [0.1, 0.15) is 17.1 Å². The van der Waals surface area contributed by atoms with E-state index in [-0.39, 0.29) is 11.3 Å². The first-order valence-corrected chi connectivity index (χ1v) is 9.25. The summed E-state index contributed by atoms with van der Waals surface area (Å²) in [6, 6.07) is 7.42. The number of benzene rings is 2. The predicted octanol–water partition coefficient (Wildman–Crippen LogP) is 5.92. The van der Waals surface area contributed by atoms with Crippen molar-refractivity contribution in [3.63, 3.8) is 0 Å². The fourth-order valence-corrected chi connectivity index (χ4v) is 4.01. The van der Waals surface area contributed by atoms with Crippen LogP contribution in [-0.4, -0.2) is 14.7 Å². The number of imidazole rings is 1. The first-order chi connectivity index (χ1) is 12.5. The zero-order chi connectivity index (χ0) is 18.3. The standard InChI is InChI=1S/C20H19ClF2N2O/c21-13-6-7-14(17(26)10-13)20-24-19-16(9-8-15(22)18(19)23)25(20)11-12-4-2-1-3-5-12/h6-10,12,26H,1-5,11H2. The van der Waals surface area contributed by atoms with Gasteiger partial charge in [-0.1, -0.05) is 30.9 Å². The smallest absolute Gasteiger partial charge is 0.186 e. The van der Waals surface area contributed by atoms with Crippen molar-refractivity contribution in [2.24, 2.45) is 5.92 Å². The third-order valence-electron chi connectivity index (χ3n) is 5.18. The summed E-state index contributed by atoms with van der Waals surface area (Å²) in [6.45, 7) is 0.666. The maximum atomic E-state index is 14.3. The summed E-state index contributed by atoms with van der Waals surface area (Å²) >= 11 is 5.93. The summed E-state index contributed by atoms with van der Waals surface area (Å²) < 4.78 is 29.9. The van der Waals surface area contributed by atoms with Crippen molar-refractivity contribution in [1.82, 2.24) is 9.55 Å². The number of nitrogens with zero attached hydrogens (tertiary/aromatic N) is 2. The van der Waals surface area contributed by atoms with Gasteiger partial charge >= 0.3 is 0 Å². The number of phenolic OH excluding ortho intramolecular Hbond substituents is 1. The summed E-state index contributed by atoms with van der Waals surface area (Å²) in [7, 11) is 0. The first kappa shape index (κ1) is 17.3. The van der Waals surface area contributed by atoms with Crippen molar-refractivity contribution in [3.8, 4) is 17.1 Å². The molecule has 3 aromatic rings. The Balaban J connectivity index is 1.89. The molecule has 0 aliphatic heterocycles. The molecule has 4 rings (SSSR count). The molecule has 1 N–H and O–H groups in total. The molecule has 1 heterocycles. The van der Waals surface area contributed by atoms with E-state index < -0.39 is 11.6 Å². The molecule has 6 heteroatoms. The SMILES string of the molecule is Oc1cc(Cl)ccc1-c1nc2c(F)c(F)ccc2n1CC1CCCCC1. The average Bonchev–Trinajstić information content (AvgIpc) is 2.98. The number of phenols is 1. The lowest BCUT2D eigenvalue weighted by Crippen LogP contribution is -2.15. The van der Waals surface area contributed by atoms with Crippen LogP contribution in [0.5, 0.6) is 5.75 Å². The van der Waals surface area contributed by atoms with Crippen LogP contribution in [0.3, 0.4) is 0 Å². The van der Waals surface area contributed by atoms with Crippen LogP contribution < -0.4 is 0 Å². The minimum absolute atomic E-state index is 0.00911. The van der Waals surface area contributed by atoms with Crippen molar-refractivity contribution in [2.45, 2.75) is 38.6 Å². The second kappa shape index (κ2) is 6.88. The molecule has 0 amide bonds. The van der Waals surface area contributed by atoms with Crippen LogP contribution in [0.2, 0.25) is 5.02 Å². The van der Waals surface area contributed by atoms with Gasteiger partial charge in [-0.25, -0.2) is 13.8 Å². The second-order valence-corrected chi connectivity index (χ2v) is 7.38. The van der Waals surface area contributed by atoms with Crippen molar-refractivity contribution in [3.05, 3.63) is 47.0 Å². The Hall–Kier alpha value is -2.14. The molecule has 1 aliphatic carbocycles. The lowest BCUT2D eigenvalue weighted by Gasteiger charge is -2.23. The summed E-state index contributed by atoms with van der Waals surface area (Å²) in [6.07, 6.45) is 5.82. The number of hydrogen-bond donors (Lipinski definition) is 1. The van der Waals surface area contributed by atoms with Gasteiger partial charge in [0.15, 0.2) is 11.6 Å². The number of aromatic hydroxyl groups is 1. The van der Waals surface area contributed by atoms with E-state index in [9.17, 15) is 13.9 Å². The predicted molar refractivity (Wildman–Crippen MR) is 98.3 cm³/mol. The van der Waals surface area contributed by atoms with Crippen LogP contribution in [0.25, 0.3) is 22.4 Å². The lowest BCUT2D eigenvalue weighted by molar-refractivity contribution is 0.323. The number of fused-ring (bicyclic) bond motifs is 1. The minimum Gasteiger partial charge on any atom is -0.507 e. The van der Waals surface area contributed by atoms with Crippen molar-refractivity contribution in [2.75, 3.05) is 0 Å². The van der Waals surface area contributed by atoms with Gasteiger partial charge in [0, 0.05) is 11.6 Å². The molecule has 136 valence electrons. The molecule has 0 radical (unpaired) electrons. The van der Waals surface area contributed by atoms with E-state index in [2.05, 4.69) is 4.98 Å². The molecule has 1 saturated carbocycles. The Morgan fingerprint density at radius 3 is 2.62 bits per heavy atom. The second-order valence-electron chi connectivity index (χ2n) is 6.94. The van der Waals surface area contributed by atoms with Gasteiger partial charge < -0.3 is 9.67 Å². The van der Waals surface area contributed by atoms with E-state index in [0.717, 1.165) is 18.9 Å². The summed E-state index contributed by atoms with van der Waals surface area (Å²) in [5, 5.41) is 10.7. The fourth-order valence-electron chi connectivity index (χ4n) is 3.85. The Kier molecular flexibility index (Phi) is 4.57. The number of rotatable bonds is 3. The van der Waals surface area contributed by atoms with Gasteiger partial charge in [0.05, 0.1) is 11.1 Å². The van der Waals surface area contributed by atoms with Crippen molar-refractivity contribution in [1.29, 1.82) is 0 Å². The minimum atomic E-state index is -0.959. The van der Waals surface area contributed by atoms with Crippen LogP contribution in [0.4, 0.5) is 8.78 Å². The highest BCUT2D eigenvalue weighted by Crippen LogP contribution is 2.36. The van der Waals surface area contributed by atoms with E-state index in [0.29, 0.717) is 34.4 Å². The first-order valence-electron chi connectivity index (χ1n) is 8.87. The molecule has 2 aromatic carbocycles. The van der Waals surface area contributed by atoms with E-state index in [1.54, 1.807) is 18.2 Å². The van der Waals surface area contributed by atoms with Gasteiger partial charge in [0.2, 0.25) is 0 Å². The molecule has 26 heavy (non-hydrogen) atoms. The molecule has 3 nitrogen and oxygen atoms in total. The van der Waals surface area contributed by atoms with Crippen molar-refractivity contribution >= 4 is 22.6 Å². The Labute approximate surface area is 155 Å². The maximum Gasteiger partial charge on any atom is 0.186 e. The Bertz CT molecular complexity index is 964. The third kappa shape index (κ3) is 3.05. The zero-order valence-electron chi connectivity index (χ0n) is 14.2. The summed E-state index contributed by atoms with van der Waals surface area (Å²) in [5.41, 5.74) is 0.991. The van der Waals surface area contributed by atoms with Crippen LogP contribution >= 0.6 is 11.6 Å². The maximum absolute atomic E-state index is 14.3. The highest BCUT2D eigenvalue weighted by Gasteiger charge is 2.23. The number of hydrogen-bond acceptors (Lipinski definition) is 2. The van der Waals surface area contributed by atoms with Crippen LogP contribution in [0, 0.1) is 17.6 Å². The van der Waals surface area contributed by atoms with Gasteiger partial charge in [-0.2, -0.15) is 0 Å². The fraction of sp³-hybridized carbons (Fsp3) is 0.350. The van der Waals surface area contributed by atoms with Crippen molar-refractivity contribution < 1.29 is 13.9 Å². The topological polar surface area (TPSA) is 38.1 Å². The van der Waals surface area contributed by atoms with Crippen LogP contribution in [0.1, 0.15) is 32.1 Å². The molecule has 0 spiro atoms. The van der Waals surface area contributed by atoms with E-state index >= 15 is 0 Å². The van der Waals surface area contributed by atoms with Gasteiger partial charge in [0.25, 0.3) is 0 Å². The normalized spacial score (nSPS) is 15.7.